The fraction of sp³-hybridized carbons (Fsp3) is 0.533. The van der Waals surface area contributed by atoms with E-state index in [0.717, 1.165) is 31.9 Å². The molecule has 0 heterocycles. The Hall–Kier alpha value is -1.11. The molecule has 1 aliphatic carbocycles. The van der Waals surface area contributed by atoms with Crippen molar-refractivity contribution in [3.63, 3.8) is 0 Å². The van der Waals surface area contributed by atoms with Crippen LogP contribution in [0.3, 0.4) is 0 Å². The molecule has 7 heteroatoms. The normalized spacial score (nSPS) is 16.6. The Morgan fingerprint density at radius 2 is 1.95 bits per heavy atom. The first-order valence-corrected chi connectivity index (χ1v) is 9.44. The zero-order chi connectivity index (χ0) is 16.3. The number of carbonyl (C=O) groups is 1. The number of hydrogen-bond acceptors (Lipinski definition) is 4. The molecule has 1 saturated carbocycles. The van der Waals surface area contributed by atoms with E-state index in [2.05, 4.69) is 0 Å². The molecule has 1 aromatic rings. The number of aromatic carboxylic acids is 1. The SMILES string of the molecule is CS(=O)(=O)c1ccc(C(=O)O)c(Cl)c1COC1CCCCC1. The molecular weight excluding hydrogens is 328 g/mol. The van der Waals surface area contributed by atoms with Crippen molar-refractivity contribution in [1.82, 2.24) is 0 Å². The lowest BCUT2D eigenvalue weighted by Gasteiger charge is -2.23. The maximum Gasteiger partial charge on any atom is 0.337 e. The predicted molar refractivity (Wildman–Crippen MR) is 83.2 cm³/mol. The van der Waals surface area contributed by atoms with Crippen LogP contribution in [0.4, 0.5) is 0 Å². The summed E-state index contributed by atoms with van der Waals surface area (Å²) in [6.45, 7) is 0.00697. The second kappa shape index (κ2) is 6.98. The van der Waals surface area contributed by atoms with Gasteiger partial charge in [-0.15, -0.1) is 0 Å². The van der Waals surface area contributed by atoms with Crippen LogP contribution >= 0.6 is 11.6 Å². The Kier molecular flexibility index (Phi) is 5.47. The highest BCUT2D eigenvalue weighted by Gasteiger charge is 2.23. The third kappa shape index (κ3) is 4.00. The fourth-order valence-electron chi connectivity index (χ4n) is 2.68. The molecule has 0 atom stereocenters. The van der Waals surface area contributed by atoms with E-state index in [-0.39, 0.29) is 33.8 Å². The van der Waals surface area contributed by atoms with Crippen molar-refractivity contribution < 1.29 is 23.1 Å². The molecule has 5 nitrogen and oxygen atoms in total. The lowest BCUT2D eigenvalue weighted by atomic mass is 9.98. The van der Waals surface area contributed by atoms with E-state index >= 15 is 0 Å². The van der Waals surface area contributed by atoms with Gasteiger partial charge in [0.05, 0.1) is 28.2 Å². The number of halogens is 1. The first kappa shape index (κ1) is 17.2. The second-order valence-corrected chi connectivity index (χ2v) is 7.91. The van der Waals surface area contributed by atoms with Gasteiger partial charge in [0.2, 0.25) is 0 Å². The van der Waals surface area contributed by atoms with Crippen molar-refractivity contribution in [2.24, 2.45) is 0 Å². The minimum absolute atomic E-state index is 0.00697. The molecule has 0 aromatic heterocycles. The zero-order valence-corrected chi connectivity index (χ0v) is 13.9. The van der Waals surface area contributed by atoms with E-state index in [1.54, 1.807) is 0 Å². The van der Waals surface area contributed by atoms with Gasteiger partial charge in [0, 0.05) is 11.8 Å². The summed E-state index contributed by atoms with van der Waals surface area (Å²) in [7, 11) is -3.51. The largest absolute Gasteiger partial charge is 0.478 e. The number of rotatable bonds is 5. The van der Waals surface area contributed by atoms with E-state index in [1.165, 1.54) is 18.6 Å². The van der Waals surface area contributed by atoms with Gasteiger partial charge in [-0.25, -0.2) is 13.2 Å². The smallest absolute Gasteiger partial charge is 0.337 e. The molecule has 0 spiro atoms. The van der Waals surface area contributed by atoms with Crippen molar-refractivity contribution in [2.45, 2.75) is 49.7 Å². The van der Waals surface area contributed by atoms with Crippen molar-refractivity contribution >= 4 is 27.4 Å². The quantitative estimate of drug-likeness (QED) is 0.884. The van der Waals surface area contributed by atoms with E-state index in [9.17, 15) is 13.2 Å². The van der Waals surface area contributed by atoms with E-state index in [1.807, 2.05) is 0 Å². The summed E-state index contributed by atoms with van der Waals surface area (Å²) in [6.07, 6.45) is 6.38. The number of carboxylic acids is 1. The molecule has 0 saturated heterocycles. The van der Waals surface area contributed by atoms with Gasteiger partial charge in [-0.2, -0.15) is 0 Å². The molecule has 1 aliphatic rings. The van der Waals surface area contributed by atoms with Crippen LogP contribution in [0.25, 0.3) is 0 Å². The fourth-order valence-corrected chi connectivity index (χ4v) is 3.96. The summed E-state index contributed by atoms with van der Waals surface area (Å²) in [5.41, 5.74) is 0.117. The van der Waals surface area contributed by atoms with Crippen LogP contribution in [0.5, 0.6) is 0 Å². The van der Waals surface area contributed by atoms with Crippen molar-refractivity contribution in [1.29, 1.82) is 0 Å². The number of carboxylic acid groups (broad SMARTS) is 1. The highest BCUT2D eigenvalue weighted by molar-refractivity contribution is 7.90. The molecule has 0 unspecified atom stereocenters. The molecule has 0 bridgehead atoms. The molecular formula is C15H19ClO5S. The van der Waals surface area contributed by atoms with Gasteiger partial charge in [0.1, 0.15) is 0 Å². The van der Waals surface area contributed by atoms with Crippen molar-refractivity contribution in [2.75, 3.05) is 6.26 Å². The predicted octanol–water partition coefficient (Wildman–Crippen LogP) is 3.29. The maximum absolute atomic E-state index is 11.9. The zero-order valence-electron chi connectivity index (χ0n) is 12.3. The van der Waals surface area contributed by atoms with Crippen LogP contribution in [0, 0.1) is 0 Å². The Morgan fingerprint density at radius 3 is 2.50 bits per heavy atom. The molecule has 122 valence electrons. The number of ether oxygens (including phenoxy) is 1. The summed E-state index contributed by atoms with van der Waals surface area (Å²) in [5.74, 6) is -1.19. The van der Waals surface area contributed by atoms with Crippen LogP contribution in [-0.4, -0.2) is 31.9 Å². The van der Waals surface area contributed by atoms with Crippen LogP contribution in [0.2, 0.25) is 5.02 Å². The van der Waals surface area contributed by atoms with Gasteiger partial charge in [-0.1, -0.05) is 30.9 Å². The number of hydrogen-bond donors (Lipinski definition) is 1. The maximum atomic E-state index is 11.9. The highest BCUT2D eigenvalue weighted by Crippen LogP contribution is 2.30. The monoisotopic (exact) mass is 346 g/mol. The molecule has 1 N–H and O–H groups in total. The number of benzene rings is 1. The summed E-state index contributed by atoms with van der Waals surface area (Å²) < 4.78 is 29.5. The molecule has 1 fully saturated rings. The van der Waals surface area contributed by atoms with Gasteiger partial charge in [-0.3, -0.25) is 0 Å². The van der Waals surface area contributed by atoms with Crippen LogP contribution in [0.1, 0.15) is 48.0 Å². The number of sulfone groups is 1. The standard InChI is InChI=1S/C15H19ClO5S/c1-22(19,20)13-8-7-11(15(17)18)14(16)12(13)9-21-10-5-3-2-4-6-10/h7-8,10H,2-6,9H2,1H3,(H,17,18). The van der Waals surface area contributed by atoms with Crippen LogP contribution < -0.4 is 0 Å². The Bertz CT molecular complexity index is 663. The van der Waals surface area contributed by atoms with E-state index in [4.69, 9.17) is 21.4 Å². The van der Waals surface area contributed by atoms with Crippen molar-refractivity contribution in [3.8, 4) is 0 Å². The first-order chi connectivity index (χ1) is 10.3. The van der Waals surface area contributed by atoms with E-state index < -0.39 is 15.8 Å². The average Bonchev–Trinajstić information content (AvgIpc) is 2.45. The average molecular weight is 347 g/mol. The van der Waals surface area contributed by atoms with E-state index in [0.29, 0.717) is 0 Å². The molecule has 22 heavy (non-hydrogen) atoms. The highest BCUT2D eigenvalue weighted by atomic mass is 35.5. The Labute approximate surface area is 135 Å². The molecule has 0 aliphatic heterocycles. The van der Waals surface area contributed by atoms with Gasteiger partial charge < -0.3 is 9.84 Å². The molecule has 0 amide bonds. The van der Waals surface area contributed by atoms with Gasteiger partial charge in [-0.05, 0) is 25.0 Å². The lowest BCUT2D eigenvalue weighted by Crippen LogP contribution is -2.18. The first-order valence-electron chi connectivity index (χ1n) is 7.17. The summed E-state index contributed by atoms with van der Waals surface area (Å²) >= 11 is 6.11. The summed E-state index contributed by atoms with van der Waals surface area (Å²) in [5, 5.41) is 9.06. The van der Waals surface area contributed by atoms with Crippen LogP contribution in [0.15, 0.2) is 17.0 Å². The minimum atomic E-state index is -3.51. The van der Waals surface area contributed by atoms with Gasteiger partial charge in [0.15, 0.2) is 9.84 Å². The summed E-state index contributed by atoms with van der Waals surface area (Å²) in [6, 6.07) is 2.50. The van der Waals surface area contributed by atoms with Crippen LogP contribution in [-0.2, 0) is 21.2 Å². The molecule has 2 rings (SSSR count). The topological polar surface area (TPSA) is 80.7 Å². The molecule has 1 aromatic carbocycles. The third-order valence-electron chi connectivity index (χ3n) is 3.85. The molecule has 0 radical (unpaired) electrons. The third-order valence-corrected chi connectivity index (χ3v) is 5.46. The van der Waals surface area contributed by atoms with Crippen molar-refractivity contribution in [3.05, 3.63) is 28.3 Å². The lowest BCUT2D eigenvalue weighted by molar-refractivity contribution is 0.0158. The second-order valence-electron chi connectivity index (χ2n) is 5.55. The Balaban J connectivity index is 2.33. The van der Waals surface area contributed by atoms with Gasteiger partial charge >= 0.3 is 5.97 Å². The minimum Gasteiger partial charge on any atom is -0.478 e. The Morgan fingerprint density at radius 1 is 1.32 bits per heavy atom. The summed E-state index contributed by atoms with van der Waals surface area (Å²) in [4.78, 5) is 11.2. The van der Waals surface area contributed by atoms with Gasteiger partial charge in [0.25, 0.3) is 0 Å².